The van der Waals surface area contributed by atoms with Crippen molar-refractivity contribution in [1.29, 1.82) is 0 Å². The summed E-state index contributed by atoms with van der Waals surface area (Å²) in [5.74, 6) is 1.14. The van der Waals surface area contributed by atoms with E-state index in [2.05, 4.69) is 22.4 Å². The molecule has 1 aromatic carbocycles. The molecule has 0 radical (unpaired) electrons. The zero-order chi connectivity index (χ0) is 16.7. The Morgan fingerprint density at radius 3 is 2.87 bits per heavy atom. The molecule has 0 aliphatic rings. The van der Waals surface area contributed by atoms with Crippen LogP contribution in [0.25, 0.3) is 0 Å². The van der Waals surface area contributed by atoms with Crippen LogP contribution < -0.4 is 5.32 Å². The second-order valence-corrected chi connectivity index (χ2v) is 5.95. The fraction of sp³-hybridized carbons (Fsp3) is 0.438. The number of hydrogen-bond acceptors (Lipinski definition) is 4. The minimum Gasteiger partial charge on any atom is -0.356 e. The number of carbonyl (C=O) groups is 1. The monoisotopic (exact) mass is 355 g/mol. The first-order valence-corrected chi connectivity index (χ1v) is 8.36. The van der Waals surface area contributed by atoms with Gasteiger partial charge in [0.2, 0.25) is 11.8 Å². The Bertz CT molecular complexity index is 659. The lowest BCUT2D eigenvalue weighted by Gasteiger charge is -2.07. The van der Waals surface area contributed by atoms with Crippen LogP contribution in [0.5, 0.6) is 0 Å². The highest BCUT2D eigenvalue weighted by molar-refractivity contribution is 6.42. The average molecular weight is 356 g/mol. The summed E-state index contributed by atoms with van der Waals surface area (Å²) in [7, 11) is 0. The molecule has 0 unspecified atom stereocenters. The van der Waals surface area contributed by atoms with Crippen LogP contribution in [0, 0.1) is 0 Å². The molecule has 1 aromatic heterocycles. The van der Waals surface area contributed by atoms with Crippen LogP contribution in [0.1, 0.15) is 37.0 Å². The molecule has 2 rings (SSSR count). The largest absolute Gasteiger partial charge is 0.356 e. The van der Waals surface area contributed by atoms with Gasteiger partial charge in [-0.25, -0.2) is 0 Å². The zero-order valence-electron chi connectivity index (χ0n) is 12.9. The number of halogens is 2. The maximum atomic E-state index is 11.8. The van der Waals surface area contributed by atoms with Gasteiger partial charge in [0.05, 0.1) is 10.0 Å². The van der Waals surface area contributed by atoms with Gasteiger partial charge in [-0.05, 0) is 24.5 Å². The molecule has 0 atom stereocenters. The number of aryl methyl sites for hydroxylation is 2. The van der Waals surface area contributed by atoms with Crippen LogP contribution in [-0.2, 0) is 24.1 Å². The van der Waals surface area contributed by atoms with Gasteiger partial charge < -0.3 is 9.84 Å². The van der Waals surface area contributed by atoms with Crippen molar-refractivity contribution in [2.75, 3.05) is 6.54 Å². The third kappa shape index (κ3) is 5.52. The van der Waals surface area contributed by atoms with E-state index in [-0.39, 0.29) is 5.91 Å². The van der Waals surface area contributed by atoms with Gasteiger partial charge in [0.1, 0.15) is 0 Å². The number of nitrogens with zero attached hydrogens (tertiary/aromatic N) is 2. The summed E-state index contributed by atoms with van der Waals surface area (Å²) in [4.78, 5) is 16.1. The number of rotatable bonds is 8. The molecule has 1 heterocycles. The van der Waals surface area contributed by atoms with Gasteiger partial charge in [-0.15, -0.1) is 0 Å². The molecular formula is C16H19Cl2N3O2. The zero-order valence-corrected chi connectivity index (χ0v) is 14.5. The number of nitrogens with one attached hydrogen (secondary N) is 1. The summed E-state index contributed by atoms with van der Waals surface area (Å²) in [6.45, 7) is 2.56. The van der Waals surface area contributed by atoms with Gasteiger partial charge in [0.15, 0.2) is 5.82 Å². The van der Waals surface area contributed by atoms with E-state index in [1.807, 2.05) is 12.1 Å². The normalized spacial score (nSPS) is 10.7. The molecule has 5 nitrogen and oxygen atoms in total. The molecule has 7 heteroatoms. The van der Waals surface area contributed by atoms with Gasteiger partial charge >= 0.3 is 0 Å². The van der Waals surface area contributed by atoms with Crippen molar-refractivity contribution in [3.05, 3.63) is 45.5 Å². The van der Waals surface area contributed by atoms with Crippen LogP contribution >= 0.6 is 23.2 Å². The molecule has 0 fully saturated rings. The highest BCUT2D eigenvalue weighted by Crippen LogP contribution is 2.25. The Kier molecular flexibility index (Phi) is 6.86. The highest BCUT2D eigenvalue weighted by atomic mass is 35.5. The molecule has 0 aliphatic carbocycles. The maximum Gasteiger partial charge on any atom is 0.227 e. The van der Waals surface area contributed by atoms with Gasteiger partial charge in [-0.1, -0.05) is 47.4 Å². The van der Waals surface area contributed by atoms with Gasteiger partial charge in [-0.2, -0.15) is 4.98 Å². The number of amides is 1. The molecule has 0 saturated heterocycles. The predicted molar refractivity (Wildman–Crippen MR) is 89.8 cm³/mol. The lowest BCUT2D eigenvalue weighted by atomic mass is 10.1. The Labute approximate surface area is 145 Å². The minimum absolute atomic E-state index is 0.0570. The average Bonchev–Trinajstić information content (AvgIpc) is 2.97. The standard InChI is InChI=1S/C16H19Cl2N3O2/c1-2-4-13-20-15(23-21-13)8-7-14(22)19-10-9-11-5-3-6-12(17)16(11)18/h3,5-6H,2,4,7-10H2,1H3,(H,19,22). The van der Waals surface area contributed by atoms with Gasteiger partial charge in [0, 0.05) is 25.8 Å². The maximum absolute atomic E-state index is 11.8. The highest BCUT2D eigenvalue weighted by Gasteiger charge is 2.09. The summed E-state index contributed by atoms with van der Waals surface area (Å²) < 4.78 is 5.10. The molecule has 2 aromatic rings. The third-order valence-electron chi connectivity index (χ3n) is 3.30. The topological polar surface area (TPSA) is 68.0 Å². The molecule has 1 N–H and O–H groups in total. The van der Waals surface area contributed by atoms with E-state index in [9.17, 15) is 4.79 Å². The minimum atomic E-state index is -0.0570. The number of benzene rings is 1. The van der Waals surface area contributed by atoms with E-state index in [0.717, 1.165) is 18.4 Å². The molecule has 0 saturated carbocycles. The van der Waals surface area contributed by atoms with E-state index >= 15 is 0 Å². The van der Waals surface area contributed by atoms with Crippen molar-refractivity contribution in [3.8, 4) is 0 Å². The second-order valence-electron chi connectivity index (χ2n) is 5.17. The van der Waals surface area contributed by atoms with Crippen LogP contribution in [0.4, 0.5) is 0 Å². The quantitative estimate of drug-likeness (QED) is 0.784. The summed E-state index contributed by atoms with van der Waals surface area (Å²) in [6.07, 6.45) is 3.14. The smallest absolute Gasteiger partial charge is 0.227 e. The molecule has 1 amide bonds. The van der Waals surface area contributed by atoms with Crippen molar-refractivity contribution in [2.24, 2.45) is 0 Å². The van der Waals surface area contributed by atoms with Crippen LogP contribution in [0.3, 0.4) is 0 Å². The van der Waals surface area contributed by atoms with Crippen molar-refractivity contribution in [2.45, 2.75) is 39.0 Å². The lowest BCUT2D eigenvalue weighted by Crippen LogP contribution is -2.26. The van der Waals surface area contributed by atoms with E-state index in [1.54, 1.807) is 6.07 Å². The van der Waals surface area contributed by atoms with Crippen LogP contribution in [-0.4, -0.2) is 22.6 Å². The summed E-state index contributed by atoms with van der Waals surface area (Å²) in [6, 6.07) is 5.48. The molecule has 0 aliphatic heterocycles. The lowest BCUT2D eigenvalue weighted by molar-refractivity contribution is -0.121. The SMILES string of the molecule is CCCc1noc(CCC(=O)NCCc2cccc(Cl)c2Cl)n1. The van der Waals surface area contributed by atoms with Crippen molar-refractivity contribution < 1.29 is 9.32 Å². The number of aromatic nitrogens is 2. The Balaban J connectivity index is 1.71. The summed E-state index contributed by atoms with van der Waals surface area (Å²) in [5.41, 5.74) is 0.917. The summed E-state index contributed by atoms with van der Waals surface area (Å²) in [5, 5.41) is 7.77. The molecule has 124 valence electrons. The first-order valence-electron chi connectivity index (χ1n) is 7.61. The van der Waals surface area contributed by atoms with E-state index in [0.29, 0.717) is 47.6 Å². The van der Waals surface area contributed by atoms with E-state index < -0.39 is 0 Å². The van der Waals surface area contributed by atoms with Crippen molar-refractivity contribution >= 4 is 29.1 Å². The Hall–Kier alpha value is -1.59. The molecule has 23 heavy (non-hydrogen) atoms. The fourth-order valence-electron chi connectivity index (χ4n) is 2.10. The first-order chi connectivity index (χ1) is 11.1. The Morgan fingerprint density at radius 1 is 1.26 bits per heavy atom. The van der Waals surface area contributed by atoms with E-state index in [1.165, 1.54) is 0 Å². The number of hydrogen-bond donors (Lipinski definition) is 1. The van der Waals surface area contributed by atoms with Crippen LogP contribution in [0.2, 0.25) is 10.0 Å². The van der Waals surface area contributed by atoms with Crippen molar-refractivity contribution in [3.63, 3.8) is 0 Å². The third-order valence-corrected chi connectivity index (χ3v) is 4.16. The fourth-order valence-corrected chi connectivity index (χ4v) is 2.52. The van der Waals surface area contributed by atoms with Crippen molar-refractivity contribution in [1.82, 2.24) is 15.5 Å². The van der Waals surface area contributed by atoms with Gasteiger partial charge in [-0.3, -0.25) is 4.79 Å². The second kappa shape index (κ2) is 8.89. The number of carbonyl (C=O) groups excluding carboxylic acids is 1. The molecule has 0 bridgehead atoms. The molecular weight excluding hydrogens is 337 g/mol. The first kappa shape index (κ1) is 17.8. The van der Waals surface area contributed by atoms with Gasteiger partial charge in [0.25, 0.3) is 0 Å². The predicted octanol–water partition coefficient (Wildman–Crippen LogP) is 3.62. The van der Waals surface area contributed by atoms with E-state index in [4.69, 9.17) is 27.7 Å². The summed E-state index contributed by atoms with van der Waals surface area (Å²) >= 11 is 12.1. The molecule has 0 spiro atoms. The Morgan fingerprint density at radius 2 is 2.09 bits per heavy atom. The van der Waals surface area contributed by atoms with Crippen LogP contribution in [0.15, 0.2) is 22.7 Å².